The molecule has 200 valence electrons. The largest absolute Gasteiger partial charge is 0.309 e. The van der Waals surface area contributed by atoms with Gasteiger partial charge in [-0.25, -0.2) is 14.4 Å². The molecule has 40 heavy (non-hydrogen) atoms. The summed E-state index contributed by atoms with van der Waals surface area (Å²) in [5.41, 5.74) is 4.30. The van der Waals surface area contributed by atoms with Gasteiger partial charge >= 0.3 is 0 Å². The standard InChI is InChI=1S/C29H22Cl2N6O2S/c1-17-25(28(39)37(35(17)3)19-9-5-4-6-10-19)32-29-36(24(16-40-29)21-15-18(30)13-14-22(21)31)33-26-20-11-7-8-12-23(20)34(2)27(26)38/h4-16H,1-3H3. The molecule has 1 aliphatic heterocycles. The average Bonchev–Trinajstić information content (AvgIpc) is 3.53. The molecule has 0 bridgehead atoms. The quantitative estimate of drug-likeness (QED) is 0.267. The molecular weight excluding hydrogens is 567 g/mol. The average molecular weight is 590 g/mol. The molecule has 0 aliphatic carbocycles. The number of aromatic nitrogens is 3. The van der Waals surface area contributed by atoms with Gasteiger partial charge < -0.3 is 4.90 Å². The smallest absolute Gasteiger partial charge is 0.297 e. The Balaban J connectivity index is 1.63. The fourth-order valence-electron chi connectivity index (χ4n) is 4.68. The summed E-state index contributed by atoms with van der Waals surface area (Å²) in [6.45, 7) is 1.84. The molecule has 1 amide bonds. The summed E-state index contributed by atoms with van der Waals surface area (Å²) >= 11 is 14.2. The molecule has 0 N–H and O–H groups in total. The molecule has 3 aromatic carbocycles. The molecule has 5 aromatic rings. The molecule has 11 heteroatoms. The Bertz CT molecular complexity index is 1970. The Morgan fingerprint density at radius 3 is 2.38 bits per heavy atom. The van der Waals surface area contributed by atoms with Gasteiger partial charge in [0.15, 0.2) is 11.4 Å². The van der Waals surface area contributed by atoms with Crippen LogP contribution < -0.4 is 15.3 Å². The summed E-state index contributed by atoms with van der Waals surface area (Å²) in [5, 5.41) is 7.61. The molecule has 0 saturated carbocycles. The number of carbonyl (C=O) groups is 1. The maximum atomic E-state index is 13.6. The van der Waals surface area contributed by atoms with Crippen LogP contribution in [0, 0.1) is 6.92 Å². The van der Waals surface area contributed by atoms with E-state index in [0.717, 1.165) is 11.4 Å². The van der Waals surface area contributed by atoms with Crippen LogP contribution in [0.3, 0.4) is 0 Å². The van der Waals surface area contributed by atoms with E-state index < -0.39 is 0 Å². The lowest BCUT2D eigenvalue weighted by atomic mass is 10.1. The van der Waals surface area contributed by atoms with Crippen LogP contribution in [-0.2, 0) is 11.8 Å². The second kappa shape index (κ2) is 10.1. The fraction of sp³-hybridized carbons (Fsp3) is 0.103. The summed E-state index contributed by atoms with van der Waals surface area (Å²) < 4.78 is 4.89. The fourth-order valence-corrected chi connectivity index (χ4v) is 5.89. The summed E-state index contributed by atoms with van der Waals surface area (Å²) in [6, 6.07) is 22.0. The lowest BCUT2D eigenvalue weighted by Crippen LogP contribution is -2.27. The number of halogens is 2. The number of nitrogens with zero attached hydrogens (tertiary/aromatic N) is 6. The Labute approximate surface area is 243 Å². The second-order valence-corrected chi connectivity index (χ2v) is 10.9. The molecule has 0 saturated heterocycles. The third-order valence-electron chi connectivity index (χ3n) is 6.85. The molecule has 2 aromatic heterocycles. The van der Waals surface area contributed by atoms with Crippen LogP contribution in [0.4, 0.5) is 11.4 Å². The monoisotopic (exact) mass is 588 g/mol. The highest BCUT2D eigenvalue weighted by atomic mass is 35.5. The van der Waals surface area contributed by atoms with Crippen LogP contribution in [0.5, 0.6) is 0 Å². The van der Waals surface area contributed by atoms with Crippen molar-refractivity contribution in [1.29, 1.82) is 0 Å². The number of likely N-dealkylation sites (N-methyl/N-ethyl adjacent to an activating group) is 1. The number of anilines is 1. The van der Waals surface area contributed by atoms with E-state index in [4.69, 9.17) is 33.3 Å². The van der Waals surface area contributed by atoms with Crippen molar-refractivity contribution in [3.05, 3.63) is 115 Å². The zero-order valence-electron chi connectivity index (χ0n) is 21.7. The molecular formula is C29H22Cl2N6O2S. The van der Waals surface area contributed by atoms with Gasteiger partial charge in [0.2, 0.25) is 4.80 Å². The second-order valence-electron chi connectivity index (χ2n) is 9.19. The molecule has 1 aliphatic rings. The lowest BCUT2D eigenvalue weighted by Gasteiger charge is -2.08. The van der Waals surface area contributed by atoms with Gasteiger partial charge in [-0.1, -0.05) is 59.6 Å². The SMILES string of the molecule is Cc1c(N=c2scc(-c3cc(Cl)ccc3Cl)n2N=C2C(=O)N(C)c3ccccc32)c(=O)n(-c2ccccc2)n1C. The van der Waals surface area contributed by atoms with Crippen molar-refractivity contribution in [2.24, 2.45) is 17.1 Å². The van der Waals surface area contributed by atoms with Gasteiger partial charge in [0.1, 0.15) is 0 Å². The molecule has 0 fully saturated rings. The zero-order chi connectivity index (χ0) is 28.1. The minimum absolute atomic E-state index is 0.253. The summed E-state index contributed by atoms with van der Waals surface area (Å²) in [5.74, 6) is -0.253. The number of amides is 1. The number of carbonyl (C=O) groups excluding carboxylic acids is 1. The predicted molar refractivity (Wildman–Crippen MR) is 161 cm³/mol. The minimum atomic E-state index is -0.275. The Kier molecular flexibility index (Phi) is 6.58. The van der Waals surface area contributed by atoms with Gasteiger partial charge in [-0.2, -0.15) is 5.10 Å². The number of rotatable bonds is 4. The maximum Gasteiger partial charge on any atom is 0.297 e. The van der Waals surface area contributed by atoms with E-state index in [1.165, 1.54) is 11.3 Å². The molecule has 3 heterocycles. The first-order valence-corrected chi connectivity index (χ1v) is 13.9. The highest BCUT2D eigenvalue weighted by molar-refractivity contribution is 7.07. The molecule has 0 spiro atoms. The first kappa shape index (κ1) is 26.1. The lowest BCUT2D eigenvalue weighted by molar-refractivity contribution is -0.112. The van der Waals surface area contributed by atoms with Gasteiger partial charge in [0.05, 0.1) is 27.8 Å². The van der Waals surface area contributed by atoms with Crippen molar-refractivity contribution in [3.8, 4) is 16.9 Å². The highest BCUT2D eigenvalue weighted by Crippen LogP contribution is 2.33. The van der Waals surface area contributed by atoms with Crippen molar-refractivity contribution in [1.82, 2.24) is 14.0 Å². The summed E-state index contributed by atoms with van der Waals surface area (Å²) in [4.78, 5) is 33.7. The van der Waals surface area contributed by atoms with Crippen molar-refractivity contribution < 1.29 is 4.79 Å². The van der Waals surface area contributed by atoms with Crippen LogP contribution in [0.1, 0.15) is 11.3 Å². The molecule has 6 rings (SSSR count). The third kappa shape index (κ3) is 4.23. The summed E-state index contributed by atoms with van der Waals surface area (Å²) in [7, 11) is 3.52. The third-order valence-corrected chi connectivity index (χ3v) is 8.23. The number of para-hydroxylation sites is 2. The van der Waals surface area contributed by atoms with Gasteiger partial charge in [0.25, 0.3) is 11.5 Å². The first-order chi connectivity index (χ1) is 19.3. The highest BCUT2D eigenvalue weighted by Gasteiger charge is 2.32. The van der Waals surface area contributed by atoms with E-state index in [-0.39, 0.29) is 22.9 Å². The molecule has 0 atom stereocenters. The number of benzene rings is 3. The van der Waals surface area contributed by atoms with E-state index in [1.54, 1.807) is 44.2 Å². The van der Waals surface area contributed by atoms with Crippen molar-refractivity contribution in [3.63, 3.8) is 0 Å². The Hall–Kier alpha value is -4.18. The van der Waals surface area contributed by atoms with Crippen LogP contribution in [0.15, 0.2) is 93.1 Å². The van der Waals surface area contributed by atoms with E-state index in [9.17, 15) is 9.59 Å². The van der Waals surface area contributed by atoms with E-state index in [2.05, 4.69) is 0 Å². The Morgan fingerprint density at radius 1 is 0.875 bits per heavy atom. The minimum Gasteiger partial charge on any atom is -0.309 e. The summed E-state index contributed by atoms with van der Waals surface area (Å²) in [6.07, 6.45) is 0. The maximum absolute atomic E-state index is 13.6. The first-order valence-electron chi connectivity index (χ1n) is 12.3. The van der Waals surface area contributed by atoms with Gasteiger partial charge in [-0.3, -0.25) is 14.3 Å². The molecule has 0 radical (unpaired) electrons. The van der Waals surface area contributed by atoms with Crippen molar-refractivity contribution in [2.45, 2.75) is 6.92 Å². The molecule has 0 unspecified atom stereocenters. The van der Waals surface area contributed by atoms with E-state index >= 15 is 0 Å². The van der Waals surface area contributed by atoms with Crippen molar-refractivity contribution >= 4 is 57.5 Å². The van der Waals surface area contributed by atoms with Crippen LogP contribution in [-0.4, -0.2) is 32.7 Å². The van der Waals surface area contributed by atoms with Gasteiger partial charge in [-0.15, -0.1) is 11.3 Å². The Morgan fingerprint density at radius 2 is 1.60 bits per heavy atom. The molecule has 8 nitrogen and oxygen atoms in total. The van der Waals surface area contributed by atoms with Crippen LogP contribution in [0.2, 0.25) is 10.0 Å². The number of fused-ring (bicyclic) bond motifs is 1. The van der Waals surface area contributed by atoms with Gasteiger partial charge in [0, 0.05) is 35.6 Å². The normalized spacial score (nSPS) is 14.4. The van der Waals surface area contributed by atoms with Gasteiger partial charge in [-0.05, 0) is 43.3 Å². The van der Waals surface area contributed by atoms with Crippen LogP contribution >= 0.6 is 34.5 Å². The van der Waals surface area contributed by atoms with Crippen LogP contribution in [0.25, 0.3) is 16.9 Å². The number of hydrogen-bond donors (Lipinski definition) is 0. The number of thiazole rings is 1. The van der Waals surface area contributed by atoms with Crippen molar-refractivity contribution in [2.75, 3.05) is 11.9 Å². The van der Waals surface area contributed by atoms with E-state index in [1.807, 2.05) is 73.9 Å². The zero-order valence-corrected chi connectivity index (χ0v) is 24.0. The predicted octanol–water partition coefficient (Wildman–Crippen LogP) is 5.78. The number of hydrogen-bond acceptors (Lipinski definition) is 5. The van der Waals surface area contributed by atoms with E-state index in [0.29, 0.717) is 37.4 Å². The topological polar surface area (TPSA) is 76.9 Å².